The summed E-state index contributed by atoms with van der Waals surface area (Å²) in [4.78, 5) is 2.12. The average molecular weight is 255 g/mol. The minimum absolute atomic E-state index is 0.0142. The molecular formula is C13H19F2N3. The second-order valence-corrected chi connectivity index (χ2v) is 5.19. The Kier molecular flexibility index (Phi) is 3.43. The van der Waals surface area contributed by atoms with E-state index in [1.807, 2.05) is 14.1 Å². The number of anilines is 2. The fourth-order valence-electron chi connectivity index (χ4n) is 2.38. The molecule has 18 heavy (non-hydrogen) atoms. The van der Waals surface area contributed by atoms with Crippen molar-refractivity contribution in [3.05, 3.63) is 23.8 Å². The summed E-state index contributed by atoms with van der Waals surface area (Å²) in [6, 6.07) is 2.27. The van der Waals surface area contributed by atoms with Crippen molar-refractivity contribution >= 4 is 11.4 Å². The Morgan fingerprint density at radius 2 is 1.83 bits per heavy atom. The van der Waals surface area contributed by atoms with Gasteiger partial charge in [0.1, 0.15) is 5.69 Å². The first-order valence-electron chi connectivity index (χ1n) is 6.10. The van der Waals surface area contributed by atoms with Crippen LogP contribution in [0, 0.1) is 11.6 Å². The van der Waals surface area contributed by atoms with E-state index < -0.39 is 11.6 Å². The lowest BCUT2D eigenvalue weighted by Crippen LogP contribution is -2.54. The van der Waals surface area contributed by atoms with Crippen LogP contribution in [0.1, 0.15) is 19.3 Å². The summed E-state index contributed by atoms with van der Waals surface area (Å²) in [5, 5.41) is 2.89. The maximum Gasteiger partial charge on any atom is 0.151 e. The Bertz CT molecular complexity index is 419. The van der Waals surface area contributed by atoms with E-state index in [1.54, 1.807) is 0 Å². The SMILES string of the molecule is CN(C)C1(CNc2c(F)cc(N)cc2F)CCC1. The van der Waals surface area contributed by atoms with E-state index in [4.69, 9.17) is 5.73 Å². The molecule has 0 radical (unpaired) electrons. The van der Waals surface area contributed by atoms with E-state index in [9.17, 15) is 8.78 Å². The van der Waals surface area contributed by atoms with Gasteiger partial charge in [0.15, 0.2) is 11.6 Å². The summed E-state index contributed by atoms with van der Waals surface area (Å²) in [6.07, 6.45) is 3.25. The van der Waals surface area contributed by atoms with Crippen LogP contribution < -0.4 is 11.1 Å². The quantitative estimate of drug-likeness (QED) is 0.812. The van der Waals surface area contributed by atoms with E-state index in [0.29, 0.717) is 6.54 Å². The average Bonchev–Trinajstić information content (AvgIpc) is 2.18. The van der Waals surface area contributed by atoms with Crippen molar-refractivity contribution in [2.75, 3.05) is 31.7 Å². The van der Waals surface area contributed by atoms with Gasteiger partial charge < -0.3 is 16.0 Å². The third-order valence-electron chi connectivity index (χ3n) is 3.89. The zero-order valence-corrected chi connectivity index (χ0v) is 10.8. The molecule has 1 aromatic carbocycles. The zero-order chi connectivity index (χ0) is 13.3. The molecule has 1 aromatic rings. The molecule has 1 aliphatic rings. The van der Waals surface area contributed by atoms with Gasteiger partial charge in [-0.3, -0.25) is 0 Å². The number of likely N-dealkylation sites (N-methyl/N-ethyl adjacent to an activating group) is 1. The van der Waals surface area contributed by atoms with Crippen molar-refractivity contribution in [3.63, 3.8) is 0 Å². The van der Waals surface area contributed by atoms with Gasteiger partial charge >= 0.3 is 0 Å². The number of halogens is 2. The van der Waals surface area contributed by atoms with Gasteiger partial charge in [0, 0.05) is 17.8 Å². The van der Waals surface area contributed by atoms with Crippen LogP contribution in [0.2, 0.25) is 0 Å². The van der Waals surface area contributed by atoms with E-state index >= 15 is 0 Å². The molecule has 0 saturated heterocycles. The molecular weight excluding hydrogens is 236 g/mol. The number of nitrogens with zero attached hydrogens (tertiary/aromatic N) is 1. The monoisotopic (exact) mass is 255 g/mol. The molecule has 3 N–H and O–H groups in total. The van der Waals surface area contributed by atoms with Crippen LogP contribution in [-0.2, 0) is 0 Å². The summed E-state index contributed by atoms with van der Waals surface area (Å²) in [7, 11) is 3.99. The van der Waals surface area contributed by atoms with Crippen LogP contribution in [0.5, 0.6) is 0 Å². The zero-order valence-electron chi connectivity index (χ0n) is 10.8. The smallest absolute Gasteiger partial charge is 0.151 e. The standard InChI is InChI=1S/C13H19F2N3/c1-18(2)13(4-3-5-13)8-17-12-10(14)6-9(16)7-11(12)15/h6-7,17H,3-5,8,16H2,1-2H3. The third-order valence-corrected chi connectivity index (χ3v) is 3.89. The predicted molar refractivity (Wildman–Crippen MR) is 69.5 cm³/mol. The van der Waals surface area contributed by atoms with Crippen LogP contribution >= 0.6 is 0 Å². The Labute approximate surface area is 106 Å². The molecule has 0 amide bonds. The number of hydrogen-bond donors (Lipinski definition) is 2. The molecule has 0 spiro atoms. The topological polar surface area (TPSA) is 41.3 Å². The molecule has 2 rings (SSSR count). The highest BCUT2D eigenvalue weighted by molar-refractivity contribution is 5.54. The van der Waals surface area contributed by atoms with Crippen LogP contribution in [-0.4, -0.2) is 31.1 Å². The van der Waals surface area contributed by atoms with Crippen molar-refractivity contribution < 1.29 is 8.78 Å². The molecule has 1 aliphatic carbocycles. The highest BCUT2D eigenvalue weighted by Crippen LogP contribution is 2.36. The molecule has 3 nitrogen and oxygen atoms in total. The lowest BCUT2D eigenvalue weighted by Gasteiger charge is -2.47. The van der Waals surface area contributed by atoms with E-state index in [2.05, 4.69) is 10.2 Å². The van der Waals surface area contributed by atoms with Crippen LogP contribution in [0.3, 0.4) is 0 Å². The molecule has 5 heteroatoms. The lowest BCUT2D eigenvalue weighted by molar-refractivity contribution is 0.0738. The van der Waals surface area contributed by atoms with Crippen molar-refractivity contribution in [2.24, 2.45) is 0 Å². The van der Waals surface area contributed by atoms with Gasteiger partial charge in [0.2, 0.25) is 0 Å². The Balaban J connectivity index is 2.11. The predicted octanol–water partition coefficient (Wildman–Crippen LogP) is 2.44. The molecule has 0 heterocycles. The van der Waals surface area contributed by atoms with Crippen molar-refractivity contribution in [2.45, 2.75) is 24.8 Å². The van der Waals surface area contributed by atoms with Crippen molar-refractivity contribution in [3.8, 4) is 0 Å². The molecule has 0 aliphatic heterocycles. The first kappa shape index (κ1) is 13.1. The van der Waals surface area contributed by atoms with Crippen LogP contribution in [0.4, 0.5) is 20.2 Å². The highest BCUT2D eigenvalue weighted by Gasteiger charge is 2.39. The van der Waals surface area contributed by atoms with E-state index in [-0.39, 0.29) is 16.9 Å². The van der Waals surface area contributed by atoms with Gasteiger partial charge in [-0.2, -0.15) is 0 Å². The van der Waals surface area contributed by atoms with E-state index in [0.717, 1.165) is 31.4 Å². The summed E-state index contributed by atoms with van der Waals surface area (Å²) in [5.74, 6) is -1.28. The van der Waals surface area contributed by atoms with Crippen LogP contribution in [0.25, 0.3) is 0 Å². The third kappa shape index (κ3) is 2.27. The Morgan fingerprint density at radius 3 is 2.22 bits per heavy atom. The fourth-order valence-corrected chi connectivity index (χ4v) is 2.38. The molecule has 0 atom stereocenters. The van der Waals surface area contributed by atoms with E-state index in [1.165, 1.54) is 0 Å². The number of nitrogens with two attached hydrogens (primary N) is 1. The summed E-state index contributed by atoms with van der Waals surface area (Å²) in [6.45, 7) is 0.539. The second kappa shape index (κ2) is 4.72. The second-order valence-electron chi connectivity index (χ2n) is 5.19. The number of nitrogens with one attached hydrogen (secondary N) is 1. The molecule has 0 aromatic heterocycles. The maximum atomic E-state index is 13.6. The molecule has 1 saturated carbocycles. The number of benzene rings is 1. The molecule has 0 bridgehead atoms. The van der Waals surface area contributed by atoms with Gasteiger partial charge in [-0.15, -0.1) is 0 Å². The Morgan fingerprint density at radius 1 is 1.28 bits per heavy atom. The van der Waals surface area contributed by atoms with Crippen LogP contribution in [0.15, 0.2) is 12.1 Å². The van der Waals surface area contributed by atoms with Gasteiger partial charge in [0.05, 0.1) is 0 Å². The fraction of sp³-hybridized carbons (Fsp3) is 0.538. The van der Waals surface area contributed by atoms with Crippen molar-refractivity contribution in [1.82, 2.24) is 4.90 Å². The minimum atomic E-state index is -0.638. The summed E-state index contributed by atoms with van der Waals surface area (Å²) >= 11 is 0. The number of nitrogen functional groups attached to an aromatic ring is 1. The van der Waals surface area contributed by atoms with Gasteiger partial charge in [0.25, 0.3) is 0 Å². The number of rotatable bonds is 4. The normalized spacial score (nSPS) is 17.6. The summed E-state index contributed by atoms with van der Waals surface area (Å²) in [5.41, 5.74) is 5.41. The number of hydrogen-bond acceptors (Lipinski definition) is 3. The van der Waals surface area contributed by atoms with Gasteiger partial charge in [-0.1, -0.05) is 0 Å². The molecule has 1 fully saturated rings. The maximum absolute atomic E-state index is 13.6. The highest BCUT2D eigenvalue weighted by atomic mass is 19.1. The lowest BCUT2D eigenvalue weighted by atomic mass is 9.75. The van der Waals surface area contributed by atoms with Gasteiger partial charge in [-0.05, 0) is 45.5 Å². The first-order chi connectivity index (χ1) is 8.44. The largest absolute Gasteiger partial charge is 0.399 e. The Hall–Kier alpha value is -1.36. The molecule has 0 unspecified atom stereocenters. The van der Waals surface area contributed by atoms with Crippen molar-refractivity contribution in [1.29, 1.82) is 0 Å². The molecule has 100 valence electrons. The van der Waals surface area contributed by atoms with Gasteiger partial charge in [-0.25, -0.2) is 8.78 Å². The first-order valence-corrected chi connectivity index (χ1v) is 6.10. The minimum Gasteiger partial charge on any atom is -0.399 e. The summed E-state index contributed by atoms with van der Waals surface area (Å²) < 4.78 is 27.2.